The van der Waals surface area contributed by atoms with Gasteiger partial charge in [0, 0.05) is 12.6 Å². The van der Waals surface area contributed by atoms with Crippen LogP contribution in [0.25, 0.3) is 0 Å². The Hall–Kier alpha value is -0.820. The van der Waals surface area contributed by atoms with Crippen LogP contribution in [0.5, 0.6) is 0 Å². The third-order valence-corrected chi connectivity index (χ3v) is 6.38. The molecule has 0 heterocycles. The van der Waals surface area contributed by atoms with Crippen molar-refractivity contribution < 1.29 is 0 Å². The highest BCUT2D eigenvalue weighted by Gasteiger charge is 2.50. The number of benzene rings is 1. The molecule has 4 bridgehead atoms. The molecule has 1 aromatic rings. The average molecular weight is 283 g/mol. The van der Waals surface area contributed by atoms with Crippen LogP contribution >= 0.6 is 0 Å². The Morgan fingerprint density at radius 2 is 1.57 bits per heavy atom. The van der Waals surface area contributed by atoms with E-state index in [1.54, 1.807) is 19.3 Å². The summed E-state index contributed by atoms with van der Waals surface area (Å²) in [5, 5.41) is 3.89. The fourth-order valence-corrected chi connectivity index (χ4v) is 5.94. The van der Waals surface area contributed by atoms with Gasteiger partial charge < -0.3 is 5.32 Å². The van der Waals surface area contributed by atoms with Crippen LogP contribution in [0.3, 0.4) is 0 Å². The molecule has 1 atom stereocenters. The summed E-state index contributed by atoms with van der Waals surface area (Å²) in [4.78, 5) is 0. The average Bonchev–Trinajstić information content (AvgIpc) is 2.45. The highest BCUT2D eigenvalue weighted by molar-refractivity contribution is 5.15. The van der Waals surface area contributed by atoms with Crippen LogP contribution in [0.4, 0.5) is 0 Å². The largest absolute Gasteiger partial charge is 0.313 e. The Bertz CT molecular complexity index is 443. The van der Waals surface area contributed by atoms with E-state index in [0.29, 0.717) is 11.5 Å². The number of nitrogens with one attached hydrogen (secondary N) is 1. The first-order valence-electron chi connectivity index (χ1n) is 8.98. The van der Waals surface area contributed by atoms with Gasteiger partial charge >= 0.3 is 0 Å². The molecule has 1 N–H and O–H groups in total. The van der Waals surface area contributed by atoms with Crippen LogP contribution < -0.4 is 5.32 Å². The van der Waals surface area contributed by atoms with Crippen LogP contribution in [0.2, 0.25) is 0 Å². The van der Waals surface area contributed by atoms with Gasteiger partial charge in [0.25, 0.3) is 0 Å². The predicted octanol–water partition coefficient (Wildman–Crippen LogP) is 4.42. The smallest absolute Gasteiger partial charge is 0.00793 e. The zero-order valence-corrected chi connectivity index (χ0v) is 13.4. The van der Waals surface area contributed by atoms with Gasteiger partial charge in [0.05, 0.1) is 0 Å². The molecular weight excluding hydrogens is 254 g/mol. The van der Waals surface area contributed by atoms with Crippen molar-refractivity contribution >= 4 is 0 Å². The van der Waals surface area contributed by atoms with E-state index in [0.717, 1.165) is 24.2 Å². The van der Waals surface area contributed by atoms with Crippen molar-refractivity contribution in [2.24, 2.45) is 23.2 Å². The molecule has 0 radical (unpaired) electrons. The maximum atomic E-state index is 3.89. The Kier molecular flexibility index (Phi) is 3.57. The lowest BCUT2D eigenvalue weighted by Crippen LogP contribution is -2.51. The van der Waals surface area contributed by atoms with Crippen LogP contribution in [0, 0.1) is 23.2 Å². The quantitative estimate of drug-likeness (QED) is 0.843. The van der Waals surface area contributed by atoms with E-state index >= 15 is 0 Å². The molecule has 0 spiro atoms. The Morgan fingerprint density at radius 3 is 2.14 bits per heavy atom. The molecule has 4 aliphatic rings. The molecule has 1 heteroatoms. The Morgan fingerprint density at radius 1 is 1.00 bits per heavy atom. The molecule has 0 aliphatic heterocycles. The lowest BCUT2D eigenvalue weighted by atomic mass is 9.49. The third-order valence-electron chi connectivity index (χ3n) is 6.38. The van der Waals surface area contributed by atoms with Gasteiger partial charge in [-0.05, 0) is 80.6 Å². The van der Waals surface area contributed by atoms with Gasteiger partial charge in [0.2, 0.25) is 0 Å². The van der Waals surface area contributed by atoms with Crippen molar-refractivity contribution in [2.75, 3.05) is 6.54 Å². The van der Waals surface area contributed by atoms with Crippen LogP contribution in [-0.2, 0) is 6.42 Å². The van der Waals surface area contributed by atoms with Crippen LogP contribution in [0.15, 0.2) is 30.3 Å². The summed E-state index contributed by atoms with van der Waals surface area (Å²) >= 11 is 0. The zero-order valence-electron chi connectivity index (χ0n) is 13.4. The van der Waals surface area contributed by atoms with E-state index in [-0.39, 0.29) is 0 Å². The summed E-state index contributed by atoms with van der Waals surface area (Å²) in [5.41, 5.74) is 2.13. The summed E-state index contributed by atoms with van der Waals surface area (Å²) < 4.78 is 0. The molecule has 5 rings (SSSR count). The van der Waals surface area contributed by atoms with Crippen LogP contribution in [0.1, 0.15) is 51.0 Å². The topological polar surface area (TPSA) is 12.0 Å². The van der Waals surface area contributed by atoms with Crippen LogP contribution in [-0.4, -0.2) is 12.6 Å². The molecule has 0 saturated heterocycles. The first kappa shape index (κ1) is 13.8. The second-order valence-corrected chi connectivity index (χ2v) is 8.39. The normalized spacial score (nSPS) is 38.6. The number of hydrogen-bond acceptors (Lipinski definition) is 1. The predicted molar refractivity (Wildman–Crippen MR) is 88.2 cm³/mol. The second-order valence-electron chi connectivity index (χ2n) is 8.39. The number of rotatable bonds is 5. The summed E-state index contributed by atoms with van der Waals surface area (Å²) in [5.74, 6) is 3.22. The van der Waals surface area contributed by atoms with E-state index < -0.39 is 0 Å². The summed E-state index contributed by atoms with van der Waals surface area (Å²) in [6.07, 6.45) is 10.4. The highest BCUT2D eigenvalue weighted by atomic mass is 14.9. The molecule has 1 nitrogen and oxygen atoms in total. The Labute approximate surface area is 129 Å². The first-order valence-corrected chi connectivity index (χ1v) is 8.98. The van der Waals surface area contributed by atoms with E-state index in [1.807, 2.05) is 0 Å². The van der Waals surface area contributed by atoms with Gasteiger partial charge in [-0.2, -0.15) is 0 Å². The molecular formula is C20H29N. The lowest BCUT2D eigenvalue weighted by molar-refractivity contribution is -0.0522. The fourth-order valence-electron chi connectivity index (χ4n) is 5.94. The number of hydrogen-bond donors (Lipinski definition) is 1. The maximum Gasteiger partial charge on any atom is 0.00793 e. The van der Waals surface area contributed by atoms with E-state index in [9.17, 15) is 0 Å². The third kappa shape index (κ3) is 2.90. The molecule has 114 valence electrons. The second kappa shape index (κ2) is 5.43. The fraction of sp³-hybridized carbons (Fsp3) is 0.700. The Balaban J connectivity index is 1.34. The monoisotopic (exact) mass is 283 g/mol. The molecule has 4 aliphatic carbocycles. The van der Waals surface area contributed by atoms with Gasteiger partial charge in [-0.15, -0.1) is 0 Å². The van der Waals surface area contributed by atoms with E-state index in [2.05, 4.69) is 42.6 Å². The minimum Gasteiger partial charge on any atom is -0.313 e. The van der Waals surface area contributed by atoms with Gasteiger partial charge in [-0.3, -0.25) is 0 Å². The standard InChI is InChI=1S/C20H29N/c1-15(7-16-5-3-2-4-6-16)21-14-20-11-17-8-18(12-20)10-19(9-17)13-20/h2-6,15,17-19,21H,7-14H2,1H3. The van der Waals surface area contributed by atoms with Crippen molar-refractivity contribution in [2.45, 2.75) is 57.9 Å². The molecule has 1 unspecified atom stereocenters. The molecule has 1 aromatic carbocycles. The van der Waals surface area contributed by atoms with E-state index in [1.165, 1.54) is 31.4 Å². The van der Waals surface area contributed by atoms with Gasteiger partial charge in [0.1, 0.15) is 0 Å². The minimum atomic E-state index is 0.598. The lowest BCUT2D eigenvalue weighted by Gasteiger charge is -2.57. The molecule has 21 heavy (non-hydrogen) atoms. The molecule has 4 fully saturated rings. The molecule has 0 aromatic heterocycles. The first-order chi connectivity index (χ1) is 10.2. The summed E-state index contributed by atoms with van der Waals surface area (Å²) in [7, 11) is 0. The van der Waals surface area contributed by atoms with Gasteiger partial charge in [-0.25, -0.2) is 0 Å². The highest BCUT2D eigenvalue weighted by Crippen LogP contribution is 2.59. The van der Waals surface area contributed by atoms with Crippen molar-refractivity contribution in [3.63, 3.8) is 0 Å². The molecule has 4 saturated carbocycles. The maximum absolute atomic E-state index is 3.89. The van der Waals surface area contributed by atoms with Gasteiger partial charge in [0.15, 0.2) is 0 Å². The van der Waals surface area contributed by atoms with Crippen molar-refractivity contribution in [3.8, 4) is 0 Å². The van der Waals surface area contributed by atoms with Crippen molar-refractivity contribution in [3.05, 3.63) is 35.9 Å². The zero-order chi connectivity index (χ0) is 14.3. The van der Waals surface area contributed by atoms with Gasteiger partial charge in [-0.1, -0.05) is 30.3 Å². The summed E-state index contributed by atoms with van der Waals surface area (Å²) in [6, 6.07) is 11.5. The van der Waals surface area contributed by atoms with Crippen molar-refractivity contribution in [1.82, 2.24) is 5.32 Å². The summed E-state index contributed by atoms with van der Waals surface area (Å²) in [6.45, 7) is 3.62. The minimum absolute atomic E-state index is 0.598. The molecule has 0 amide bonds. The van der Waals surface area contributed by atoms with Crippen molar-refractivity contribution in [1.29, 1.82) is 0 Å². The van der Waals surface area contributed by atoms with E-state index in [4.69, 9.17) is 0 Å². The SMILES string of the molecule is CC(Cc1ccccc1)NCC12CC3CC(CC(C3)C1)C2.